The lowest BCUT2D eigenvalue weighted by molar-refractivity contribution is 0.496. The van der Waals surface area contributed by atoms with Crippen molar-refractivity contribution in [2.75, 3.05) is 32.4 Å². The lowest BCUT2D eigenvalue weighted by Gasteiger charge is -2.20. The Hall–Kier alpha value is -0.870. The Labute approximate surface area is 124 Å². The van der Waals surface area contributed by atoms with E-state index in [1.165, 1.54) is 17.7 Å². The lowest BCUT2D eigenvalue weighted by Crippen LogP contribution is -2.40. The van der Waals surface area contributed by atoms with E-state index in [-0.39, 0.29) is 0 Å². The third-order valence-electron chi connectivity index (χ3n) is 3.08. The van der Waals surface area contributed by atoms with Gasteiger partial charge in [0.15, 0.2) is 5.96 Å². The van der Waals surface area contributed by atoms with E-state index >= 15 is 0 Å². The van der Waals surface area contributed by atoms with Crippen molar-refractivity contribution in [3.63, 3.8) is 0 Å². The van der Waals surface area contributed by atoms with E-state index in [2.05, 4.69) is 27.3 Å². The van der Waals surface area contributed by atoms with Gasteiger partial charge in [-0.2, -0.15) is 0 Å². The van der Waals surface area contributed by atoms with Crippen LogP contribution in [0.15, 0.2) is 34.2 Å². The zero-order valence-corrected chi connectivity index (χ0v) is 12.8. The van der Waals surface area contributed by atoms with E-state index in [9.17, 15) is 0 Å². The van der Waals surface area contributed by atoms with Crippen molar-refractivity contribution in [1.82, 2.24) is 10.2 Å². The number of hydrogen-bond donors (Lipinski definition) is 1. The van der Waals surface area contributed by atoms with Crippen LogP contribution in [0.1, 0.15) is 12.8 Å². The Morgan fingerprint density at radius 3 is 2.63 bits per heavy atom. The highest BCUT2D eigenvalue weighted by Crippen LogP contribution is 2.19. The molecule has 1 saturated heterocycles. The summed E-state index contributed by atoms with van der Waals surface area (Å²) in [6.45, 7) is 3.18. The summed E-state index contributed by atoms with van der Waals surface area (Å²) in [5, 5.41) is 4.21. The molecule has 3 nitrogen and oxygen atoms in total. The Morgan fingerprint density at radius 1 is 1.32 bits per heavy atom. The molecule has 0 saturated carbocycles. The van der Waals surface area contributed by atoms with Gasteiger partial charge in [-0.05, 0) is 37.1 Å². The number of nitrogens with one attached hydrogen (secondary N) is 1. The lowest BCUT2D eigenvalue weighted by atomic mass is 10.4. The number of rotatable bonds is 4. The Bertz CT molecular complexity index is 413. The molecule has 0 aliphatic carbocycles. The largest absolute Gasteiger partial charge is 0.355 e. The minimum atomic E-state index is 0.789. The number of guanidine groups is 1. The second kappa shape index (κ2) is 7.65. The molecule has 0 spiro atoms. The van der Waals surface area contributed by atoms with Crippen molar-refractivity contribution in [3.8, 4) is 0 Å². The number of halogens is 1. The molecular weight excluding hydrogens is 278 g/mol. The van der Waals surface area contributed by atoms with Crippen molar-refractivity contribution in [2.24, 2.45) is 4.99 Å². The van der Waals surface area contributed by atoms with Crippen LogP contribution < -0.4 is 5.32 Å². The van der Waals surface area contributed by atoms with Crippen LogP contribution in [0.2, 0.25) is 5.02 Å². The molecule has 19 heavy (non-hydrogen) atoms. The number of benzene rings is 1. The van der Waals surface area contributed by atoms with Crippen molar-refractivity contribution < 1.29 is 0 Å². The number of nitrogens with zero attached hydrogens (tertiary/aromatic N) is 2. The topological polar surface area (TPSA) is 27.6 Å². The maximum atomic E-state index is 5.86. The first-order valence-corrected chi connectivity index (χ1v) is 8.00. The average Bonchev–Trinajstić information content (AvgIpc) is 2.95. The SMILES string of the molecule is CN=C(NCCSc1ccc(Cl)cc1)N1CCCC1. The van der Waals surface area contributed by atoms with Gasteiger partial charge in [0.05, 0.1) is 0 Å². The van der Waals surface area contributed by atoms with Crippen LogP contribution in [0.25, 0.3) is 0 Å². The molecule has 1 heterocycles. The van der Waals surface area contributed by atoms with Crippen LogP contribution in [-0.4, -0.2) is 43.3 Å². The first-order valence-electron chi connectivity index (χ1n) is 6.63. The summed E-state index contributed by atoms with van der Waals surface area (Å²) in [5.41, 5.74) is 0. The minimum absolute atomic E-state index is 0.789. The summed E-state index contributed by atoms with van der Waals surface area (Å²) < 4.78 is 0. The second-order valence-corrected chi connectivity index (χ2v) is 6.08. The van der Waals surface area contributed by atoms with Crippen molar-refractivity contribution in [3.05, 3.63) is 29.3 Å². The molecule has 1 fully saturated rings. The summed E-state index contributed by atoms with van der Waals surface area (Å²) in [6, 6.07) is 7.98. The van der Waals surface area contributed by atoms with E-state index in [0.29, 0.717) is 0 Å². The van der Waals surface area contributed by atoms with E-state index in [0.717, 1.165) is 36.4 Å². The number of thioether (sulfide) groups is 1. The summed E-state index contributed by atoms with van der Waals surface area (Å²) in [5.74, 6) is 2.06. The molecule has 1 aromatic carbocycles. The minimum Gasteiger partial charge on any atom is -0.355 e. The molecule has 1 aromatic rings. The maximum Gasteiger partial charge on any atom is 0.193 e. The van der Waals surface area contributed by atoms with Gasteiger partial charge in [0.25, 0.3) is 0 Å². The highest BCUT2D eigenvalue weighted by molar-refractivity contribution is 7.99. The van der Waals surface area contributed by atoms with Crippen molar-refractivity contribution >= 4 is 29.3 Å². The van der Waals surface area contributed by atoms with E-state index in [4.69, 9.17) is 11.6 Å². The van der Waals surface area contributed by atoms with E-state index < -0.39 is 0 Å². The Balaban J connectivity index is 1.69. The number of hydrogen-bond acceptors (Lipinski definition) is 2. The Morgan fingerprint density at radius 2 is 2.00 bits per heavy atom. The predicted molar refractivity (Wildman–Crippen MR) is 84.3 cm³/mol. The molecular formula is C14H20ClN3S. The number of likely N-dealkylation sites (tertiary alicyclic amines) is 1. The van der Waals surface area contributed by atoms with Gasteiger partial charge in [-0.25, -0.2) is 0 Å². The molecule has 0 aromatic heterocycles. The summed E-state index contributed by atoms with van der Waals surface area (Å²) in [6.07, 6.45) is 2.56. The molecule has 1 aliphatic rings. The Kier molecular flexibility index (Phi) is 5.86. The molecule has 0 atom stereocenters. The highest BCUT2D eigenvalue weighted by Gasteiger charge is 2.14. The first-order chi connectivity index (χ1) is 9.29. The molecule has 0 amide bonds. The molecule has 1 aliphatic heterocycles. The summed E-state index contributed by atoms with van der Waals surface area (Å²) in [7, 11) is 1.85. The molecule has 5 heteroatoms. The van der Waals surface area contributed by atoms with Crippen LogP contribution in [0.4, 0.5) is 0 Å². The molecule has 0 unspecified atom stereocenters. The zero-order chi connectivity index (χ0) is 13.5. The quantitative estimate of drug-likeness (QED) is 0.400. The smallest absolute Gasteiger partial charge is 0.193 e. The van der Waals surface area contributed by atoms with Crippen LogP contribution >= 0.6 is 23.4 Å². The monoisotopic (exact) mass is 297 g/mol. The standard InChI is InChI=1S/C14H20ClN3S/c1-16-14(18-9-2-3-10-18)17-8-11-19-13-6-4-12(15)5-7-13/h4-7H,2-3,8-11H2,1H3,(H,16,17). The summed E-state index contributed by atoms with van der Waals surface area (Å²) in [4.78, 5) is 7.91. The van der Waals surface area contributed by atoms with Gasteiger partial charge in [-0.3, -0.25) is 4.99 Å². The van der Waals surface area contributed by atoms with Crippen LogP contribution in [0.5, 0.6) is 0 Å². The highest BCUT2D eigenvalue weighted by atomic mass is 35.5. The molecule has 2 rings (SSSR count). The van der Waals surface area contributed by atoms with Gasteiger partial charge in [0.1, 0.15) is 0 Å². The fraction of sp³-hybridized carbons (Fsp3) is 0.500. The predicted octanol–water partition coefficient (Wildman–Crippen LogP) is 3.10. The molecule has 0 radical (unpaired) electrons. The molecule has 0 bridgehead atoms. The fourth-order valence-corrected chi connectivity index (χ4v) is 3.02. The van der Waals surface area contributed by atoms with Gasteiger partial charge in [0, 0.05) is 42.4 Å². The fourth-order valence-electron chi connectivity index (χ4n) is 2.12. The average molecular weight is 298 g/mol. The van der Waals surface area contributed by atoms with E-state index in [1.54, 1.807) is 0 Å². The normalized spacial score (nSPS) is 15.9. The summed E-state index contributed by atoms with van der Waals surface area (Å²) >= 11 is 7.69. The van der Waals surface area contributed by atoms with Gasteiger partial charge in [0.2, 0.25) is 0 Å². The second-order valence-electron chi connectivity index (χ2n) is 4.47. The maximum absolute atomic E-state index is 5.86. The van der Waals surface area contributed by atoms with Gasteiger partial charge >= 0.3 is 0 Å². The van der Waals surface area contributed by atoms with Crippen LogP contribution in [0.3, 0.4) is 0 Å². The zero-order valence-electron chi connectivity index (χ0n) is 11.2. The van der Waals surface area contributed by atoms with Gasteiger partial charge < -0.3 is 10.2 Å². The van der Waals surface area contributed by atoms with Crippen molar-refractivity contribution in [1.29, 1.82) is 0 Å². The van der Waals surface area contributed by atoms with Crippen LogP contribution in [0, 0.1) is 0 Å². The number of aliphatic imine (C=N–C) groups is 1. The molecule has 1 N–H and O–H groups in total. The van der Waals surface area contributed by atoms with Gasteiger partial charge in [-0.1, -0.05) is 11.6 Å². The van der Waals surface area contributed by atoms with Crippen LogP contribution in [-0.2, 0) is 0 Å². The van der Waals surface area contributed by atoms with Gasteiger partial charge in [-0.15, -0.1) is 11.8 Å². The van der Waals surface area contributed by atoms with Crippen molar-refractivity contribution in [2.45, 2.75) is 17.7 Å². The third kappa shape index (κ3) is 4.62. The van der Waals surface area contributed by atoms with E-state index in [1.807, 2.05) is 30.9 Å². The third-order valence-corrected chi connectivity index (χ3v) is 4.35. The first kappa shape index (κ1) is 14.5. The molecule has 104 valence electrons.